The third kappa shape index (κ3) is 6.32. The summed E-state index contributed by atoms with van der Waals surface area (Å²) in [6, 6.07) is 13.6. The highest BCUT2D eigenvalue weighted by Crippen LogP contribution is 2.40. The summed E-state index contributed by atoms with van der Waals surface area (Å²) in [4.78, 5) is 30.3. The summed E-state index contributed by atoms with van der Waals surface area (Å²) < 4.78 is 16.8. The van der Waals surface area contributed by atoms with Crippen LogP contribution in [0.15, 0.2) is 54.1 Å². The normalized spacial score (nSPS) is 20.0. The zero-order valence-corrected chi connectivity index (χ0v) is 21.8. The van der Waals surface area contributed by atoms with Crippen molar-refractivity contribution in [2.75, 3.05) is 46.0 Å². The van der Waals surface area contributed by atoms with E-state index in [0.717, 1.165) is 30.8 Å². The Kier molecular flexibility index (Phi) is 8.84. The number of benzene rings is 2. The number of hydrogen-bond donors (Lipinski definition) is 1. The zero-order chi connectivity index (χ0) is 26.4. The number of hydrogen-bond acceptors (Lipinski definition) is 7. The smallest absolute Gasteiger partial charge is 0.295 e. The summed E-state index contributed by atoms with van der Waals surface area (Å²) in [6.07, 6.45) is 0.908. The van der Waals surface area contributed by atoms with Gasteiger partial charge in [-0.25, -0.2) is 0 Å². The lowest BCUT2D eigenvalue weighted by Crippen LogP contribution is -2.42. The van der Waals surface area contributed by atoms with Crippen LogP contribution in [0.2, 0.25) is 0 Å². The molecule has 0 aliphatic carbocycles. The van der Waals surface area contributed by atoms with Crippen molar-refractivity contribution in [3.63, 3.8) is 0 Å². The van der Waals surface area contributed by atoms with E-state index in [9.17, 15) is 14.7 Å². The quantitative estimate of drug-likeness (QED) is 0.295. The SMILES string of the molecule is CCCOc1ccc([C@@H]2/C(=C(\O)c3ccc(OC(C)C)cc3)C(=O)C(=O)N2CCN2CCOCC2)cc1. The van der Waals surface area contributed by atoms with Gasteiger partial charge in [0.2, 0.25) is 0 Å². The Labute approximate surface area is 218 Å². The molecule has 0 bridgehead atoms. The van der Waals surface area contributed by atoms with Gasteiger partial charge in [0.25, 0.3) is 11.7 Å². The van der Waals surface area contributed by atoms with Crippen molar-refractivity contribution in [2.45, 2.75) is 39.3 Å². The van der Waals surface area contributed by atoms with Crippen LogP contribution < -0.4 is 9.47 Å². The summed E-state index contributed by atoms with van der Waals surface area (Å²) in [5.74, 6) is -0.0999. The Morgan fingerprint density at radius 3 is 2.27 bits per heavy atom. The van der Waals surface area contributed by atoms with E-state index >= 15 is 0 Å². The molecule has 2 aliphatic heterocycles. The van der Waals surface area contributed by atoms with E-state index in [1.807, 2.05) is 45.0 Å². The highest BCUT2D eigenvalue weighted by Gasteiger charge is 2.46. The highest BCUT2D eigenvalue weighted by atomic mass is 16.5. The van der Waals surface area contributed by atoms with Crippen LogP contribution in [-0.4, -0.2) is 78.7 Å². The van der Waals surface area contributed by atoms with Crippen molar-refractivity contribution in [2.24, 2.45) is 0 Å². The largest absolute Gasteiger partial charge is 0.507 e. The minimum absolute atomic E-state index is 0.0144. The maximum Gasteiger partial charge on any atom is 0.295 e. The average molecular weight is 509 g/mol. The predicted octanol–water partition coefficient (Wildman–Crippen LogP) is 4.02. The second kappa shape index (κ2) is 12.3. The number of ether oxygens (including phenoxy) is 3. The molecule has 2 heterocycles. The fourth-order valence-electron chi connectivity index (χ4n) is 4.62. The third-order valence-corrected chi connectivity index (χ3v) is 6.47. The van der Waals surface area contributed by atoms with Gasteiger partial charge in [-0.15, -0.1) is 0 Å². The summed E-state index contributed by atoms with van der Waals surface area (Å²) in [6.45, 7) is 10.4. The van der Waals surface area contributed by atoms with Gasteiger partial charge in [0.05, 0.1) is 37.5 Å². The van der Waals surface area contributed by atoms with Gasteiger partial charge in [-0.1, -0.05) is 19.1 Å². The number of ketones is 1. The summed E-state index contributed by atoms with van der Waals surface area (Å²) >= 11 is 0. The molecule has 2 fully saturated rings. The Bertz CT molecular complexity index is 1100. The molecule has 0 aromatic heterocycles. The molecule has 1 atom stereocenters. The molecule has 1 N–H and O–H groups in total. The van der Waals surface area contributed by atoms with Crippen LogP contribution >= 0.6 is 0 Å². The fourth-order valence-corrected chi connectivity index (χ4v) is 4.62. The molecule has 37 heavy (non-hydrogen) atoms. The number of carbonyl (C=O) groups is 2. The first-order valence-corrected chi connectivity index (χ1v) is 13.0. The maximum absolute atomic E-state index is 13.3. The monoisotopic (exact) mass is 508 g/mol. The zero-order valence-electron chi connectivity index (χ0n) is 21.8. The molecule has 0 unspecified atom stereocenters. The maximum atomic E-state index is 13.3. The van der Waals surface area contributed by atoms with Crippen molar-refractivity contribution >= 4 is 17.4 Å². The number of rotatable bonds is 10. The molecular weight excluding hydrogens is 472 g/mol. The van der Waals surface area contributed by atoms with Gasteiger partial charge in [-0.3, -0.25) is 14.5 Å². The van der Waals surface area contributed by atoms with E-state index in [0.29, 0.717) is 44.2 Å². The Morgan fingerprint density at radius 2 is 1.65 bits per heavy atom. The van der Waals surface area contributed by atoms with Crippen molar-refractivity contribution in [1.29, 1.82) is 0 Å². The van der Waals surface area contributed by atoms with Gasteiger partial charge in [-0.2, -0.15) is 0 Å². The molecule has 2 aliphatic rings. The Morgan fingerprint density at radius 1 is 1.00 bits per heavy atom. The van der Waals surface area contributed by atoms with E-state index in [1.54, 1.807) is 29.2 Å². The molecule has 2 aromatic rings. The van der Waals surface area contributed by atoms with Crippen LogP contribution in [0.4, 0.5) is 0 Å². The van der Waals surface area contributed by atoms with Crippen LogP contribution in [0, 0.1) is 0 Å². The van der Waals surface area contributed by atoms with E-state index < -0.39 is 17.7 Å². The van der Waals surface area contributed by atoms with Gasteiger partial charge in [0.1, 0.15) is 17.3 Å². The summed E-state index contributed by atoms with van der Waals surface area (Å²) in [5.41, 5.74) is 1.29. The summed E-state index contributed by atoms with van der Waals surface area (Å²) in [7, 11) is 0. The molecule has 2 saturated heterocycles. The topological polar surface area (TPSA) is 88.5 Å². The number of aliphatic hydroxyl groups excluding tert-OH is 1. The number of amides is 1. The molecule has 4 rings (SSSR count). The first-order valence-electron chi connectivity index (χ1n) is 13.0. The molecule has 198 valence electrons. The van der Waals surface area contributed by atoms with Crippen molar-refractivity contribution in [3.05, 3.63) is 65.2 Å². The van der Waals surface area contributed by atoms with Gasteiger partial charge in [-0.05, 0) is 62.2 Å². The van der Waals surface area contributed by atoms with Crippen LogP contribution in [0.5, 0.6) is 11.5 Å². The van der Waals surface area contributed by atoms with E-state index in [4.69, 9.17) is 14.2 Å². The number of aliphatic hydroxyl groups is 1. The Balaban J connectivity index is 1.68. The first-order chi connectivity index (χ1) is 17.9. The van der Waals surface area contributed by atoms with Gasteiger partial charge in [0, 0.05) is 31.7 Å². The molecule has 2 aromatic carbocycles. The minimum atomic E-state index is -0.701. The lowest BCUT2D eigenvalue weighted by molar-refractivity contribution is -0.140. The third-order valence-electron chi connectivity index (χ3n) is 6.47. The number of carbonyl (C=O) groups excluding carboxylic acids is 2. The number of nitrogens with zero attached hydrogens (tertiary/aromatic N) is 2. The van der Waals surface area contributed by atoms with Crippen LogP contribution in [0.25, 0.3) is 5.76 Å². The van der Waals surface area contributed by atoms with Gasteiger partial charge >= 0.3 is 0 Å². The average Bonchev–Trinajstić information content (AvgIpc) is 3.16. The van der Waals surface area contributed by atoms with Crippen LogP contribution in [-0.2, 0) is 14.3 Å². The second-order valence-corrected chi connectivity index (χ2v) is 9.55. The molecule has 8 nitrogen and oxygen atoms in total. The molecule has 0 radical (unpaired) electrons. The van der Waals surface area contributed by atoms with Crippen molar-refractivity contribution in [1.82, 2.24) is 9.80 Å². The van der Waals surface area contributed by atoms with E-state index in [1.165, 1.54) is 0 Å². The van der Waals surface area contributed by atoms with Gasteiger partial charge < -0.3 is 24.2 Å². The number of Topliss-reactive ketones (excluding diaryl/α,β-unsaturated/α-hetero) is 1. The van der Waals surface area contributed by atoms with Crippen molar-refractivity contribution < 1.29 is 28.9 Å². The number of likely N-dealkylation sites (tertiary alicyclic amines) is 1. The molecule has 8 heteroatoms. The van der Waals surface area contributed by atoms with Crippen molar-refractivity contribution in [3.8, 4) is 11.5 Å². The molecular formula is C29H36N2O6. The standard InChI is InChI=1S/C29H36N2O6/c1-4-17-36-23-9-5-21(6-10-23)26-25(27(32)22-7-11-24(12-8-22)37-20(2)3)28(33)29(34)31(26)14-13-30-15-18-35-19-16-30/h5-12,20,26,32H,4,13-19H2,1-3H3/b27-25+/t26-/m1/s1. The Hall–Kier alpha value is -3.36. The highest BCUT2D eigenvalue weighted by molar-refractivity contribution is 6.46. The molecule has 0 spiro atoms. The van der Waals surface area contributed by atoms with Gasteiger partial charge in [0.15, 0.2) is 0 Å². The van der Waals surface area contributed by atoms with Crippen LogP contribution in [0.1, 0.15) is 44.4 Å². The van der Waals surface area contributed by atoms with E-state index in [2.05, 4.69) is 4.90 Å². The lowest BCUT2D eigenvalue weighted by atomic mass is 9.95. The molecule has 1 amide bonds. The fraction of sp³-hybridized carbons (Fsp3) is 0.448. The molecule has 0 saturated carbocycles. The van der Waals surface area contributed by atoms with Crippen LogP contribution in [0.3, 0.4) is 0 Å². The minimum Gasteiger partial charge on any atom is -0.507 e. The number of morpholine rings is 1. The summed E-state index contributed by atoms with van der Waals surface area (Å²) in [5, 5.41) is 11.3. The van der Waals surface area contributed by atoms with E-state index in [-0.39, 0.29) is 17.4 Å². The lowest BCUT2D eigenvalue weighted by Gasteiger charge is -2.31. The first kappa shape index (κ1) is 26.7. The second-order valence-electron chi connectivity index (χ2n) is 9.55. The predicted molar refractivity (Wildman–Crippen MR) is 141 cm³/mol.